The first-order chi connectivity index (χ1) is 10.2. The van der Waals surface area contributed by atoms with Crippen LogP contribution in [0.15, 0.2) is 34.9 Å². The van der Waals surface area contributed by atoms with Gasteiger partial charge in [-0.2, -0.15) is 0 Å². The van der Waals surface area contributed by atoms with Crippen LogP contribution in [0.3, 0.4) is 0 Å². The molecule has 3 heterocycles. The lowest BCUT2D eigenvalue weighted by molar-refractivity contribution is 0.0926. The number of carbonyl (C=O) groups excluding carboxylic acids is 1. The zero-order valence-corrected chi connectivity index (χ0v) is 13.1. The zero-order valence-electron chi connectivity index (χ0n) is 11.5. The summed E-state index contributed by atoms with van der Waals surface area (Å²) in [6.07, 6.45) is 5.19. The van der Waals surface area contributed by atoms with Crippen molar-refractivity contribution in [1.29, 1.82) is 0 Å². The molecule has 0 aliphatic carbocycles. The number of nitrogens with one attached hydrogen (secondary N) is 2. The molecule has 5 heteroatoms. The van der Waals surface area contributed by atoms with Gasteiger partial charge in [0.15, 0.2) is 0 Å². The Kier molecular flexibility index (Phi) is 3.19. The monoisotopic (exact) mass is 345 g/mol. The van der Waals surface area contributed by atoms with E-state index in [-0.39, 0.29) is 11.9 Å². The molecule has 0 saturated carbocycles. The fourth-order valence-electron chi connectivity index (χ4n) is 3.46. The predicted octanol–water partition coefficient (Wildman–Crippen LogP) is 2.62. The summed E-state index contributed by atoms with van der Waals surface area (Å²) in [4.78, 5) is 16.7. The molecule has 2 aliphatic heterocycles. The molecule has 0 unspecified atom stereocenters. The molecule has 2 N–H and O–H groups in total. The van der Waals surface area contributed by atoms with Crippen LogP contribution in [0.5, 0.6) is 0 Å². The van der Waals surface area contributed by atoms with E-state index >= 15 is 0 Å². The molecule has 3 atom stereocenters. The van der Waals surface area contributed by atoms with Crippen LogP contribution in [0.2, 0.25) is 0 Å². The molecule has 21 heavy (non-hydrogen) atoms. The Morgan fingerprint density at radius 2 is 2.19 bits per heavy atom. The highest BCUT2D eigenvalue weighted by atomic mass is 79.9. The van der Waals surface area contributed by atoms with Gasteiger partial charge in [0, 0.05) is 34.2 Å². The quantitative estimate of drug-likeness (QED) is 0.879. The number of carbonyl (C=O) groups is 1. The van der Waals surface area contributed by atoms with E-state index in [1.807, 2.05) is 24.3 Å². The Labute approximate surface area is 131 Å². The van der Waals surface area contributed by atoms with Gasteiger partial charge in [-0.15, -0.1) is 0 Å². The second kappa shape index (κ2) is 5.07. The molecule has 2 saturated heterocycles. The molecule has 1 aromatic heterocycles. The first-order valence-electron chi connectivity index (χ1n) is 7.31. The van der Waals surface area contributed by atoms with Gasteiger partial charge in [-0.05, 0) is 42.8 Å². The second-order valence-electron chi connectivity index (χ2n) is 5.92. The van der Waals surface area contributed by atoms with Crippen molar-refractivity contribution in [2.75, 3.05) is 0 Å². The van der Waals surface area contributed by atoms with Crippen LogP contribution < -0.4 is 10.6 Å². The molecular formula is C16H16BrN3O. The van der Waals surface area contributed by atoms with Gasteiger partial charge in [-0.3, -0.25) is 9.78 Å². The molecule has 2 bridgehead atoms. The fourth-order valence-corrected chi connectivity index (χ4v) is 3.84. The van der Waals surface area contributed by atoms with Crippen molar-refractivity contribution < 1.29 is 4.79 Å². The molecule has 4 rings (SSSR count). The van der Waals surface area contributed by atoms with Gasteiger partial charge in [0.25, 0.3) is 5.91 Å². The fraction of sp³-hybridized carbons (Fsp3) is 0.375. The minimum atomic E-state index is -0.0729. The smallest absolute Gasteiger partial charge is 0.270 e. The Morgan fingerprint density at radius 3 is 2.95 bits per heavy atom. The molecule has 2 aliphatic rings. The number of fused-ring (bicyclic) bond motifs is 3. The Morgan fingerprint density at radius 1 is 1.29 bits per heavy atom. The highest BCUT2D eigenvalue weighted by Crippen LogP contribution is 2.28. The van der Waals surface area contributed by atoms with E-state index < -0.39 is 0 Å². The highest BCUT2D eigenvalue weighted by molar-refractivity contribution is 9.10. The van der Waals surface area contributed by atoms with E-state index in [0.717, 1.165) is 28.1 Å². The molecule has 4 nitrogen and oxygen atoms in total. The van der Waals surface area contributed by atoms with Crippen molar-refractivity contribution in [3.8, 4) is 0 Å². The molecule has 2 aromatic rings. The second-order valence-corrected chi connectivity index (χ2v) is 6.84. The van der Waals surface area contributed by atoms with Crippen molar-refractivity contribution >= 4 is 32.6 Å². The normalized spacial score (nSPS) is 27.2. The number of halogens is 1. The van der Waals surface area contributed by atoms with E-state index in [1.165, 1.54) is 6.42 Å². The number of benzene rings is 1. The van der Waals surface area contributed by atoms with Crippen LogP contribution in [0.1, 0.15) is 29.8 Å². The van der Waals surface area contributed by atoms with E-state index in [9.17, 15) is 4.79 Å². The molecule has 1 amide bonds. The van der Waals surface area contributed by atoms with Crippen LogP contribution in [-0.4, -0.2) is 29.0 Å². The zero-order chi connectivity index (χ0) is 14.4. The number of amides is 1. The van der Waals surface area contributed by atoms with E-state index in [0.29, 0.717) is 17.8 Å². The molecular weight excluding hydrogens is 330 g/mol. The van der Waals surface area contributed by atoms with Crippen molar-refractivity contribution in [3.63, 3.8) is 0 Å². The van der Waals surface area contributed by atoms with Crippen LogP contribution >= 0.6 is 15.9 Å². The summed E-state index contributed by atoms with van der Waals surface area (Å²) in [5.74, 6) is -0.0729. The van der Waals surface area contributed by atoms with Gasteiger partial charge in [0.1, 0.15) is 5.69 Å². The molecule has 108 valence electrons. The first-order valence-corrected chi connectivity index (χ1v) is 8.10. The van der Waals surface area contributed by atoms with E-state index in [4.69, 9.17) is 0 Å². The maximum atomic E-state index is 12.4. The lowest BCUT2D eigenvalue weighted by atomic mass is 9.95. The molecule has 0 radical (unpaired) electrons. The third-order valence-electron chi connectivity index (χ3n) is 4.53. The van der Waals surface area contributed by atoms with Gasteiger partial charge < -0.3 is 10.6 Å². The lowest BCUT2D eigenvalue weighted by Crippen LogP contribution is -2.43. The summed E-state index contributed by atoms with van der Waals surface area (Å²) in [7, 11) is 0. The Balaban J connectivity index is 1.56. The van der Waals surface area contributed by atoms with E-state index in [2.05, 4.69) is 31.5 Å². The summed E-state index contributed by atoms with van der Waals surface area (Å²) in [5.41, 5.74) is 0.489. The van der Waals surface area contributed by atoms with Crippen molar-refractivity contribution in [2.24, 2.45) is 0 Å². The number of nitrogens with zero attached hydrogens (tertiary/aromatic N) is 1. The SMILES string of the molecule is O=C(N[C@@H]1C[C@H]2CC[C@@H]1N2)c1cc2cc(Br)ccc2cn1. The largest absolute Gasteiger partial charge is 0.346 e. The summed E-state index contributed by atoms with van der Waals surface area (Å²) >= 11 is 3.46. The minimum Gasteiger partial charge on any atom is -0.346 e. The lowest BCUT2D eigenvalue weighted by Gasteiger charge is -2.21. The number of hydrogen-bond acceptors (Lipinski definition) is 3. The topological polar surface area (TPSA) is 54.0 Å². The van der Waals surface area contributed by atoms with Crippen molar-refractivity contribution in [1.82, 2.24) is 15.6 Å². The first kappa shape index (κ1) is 13.2. The maximum absolute atomic E-state index is 12.4. The van der Waals surface area contributed by atoms with Crippen LogP contribution in [-0.2, 0) is 0 Å². The number of rotatable bonds is 2. The highest BCUT2D eigenvalue weighted by Gasteiger charge is 2.39. The summed E-state index contributed by atoms with van der Waals surface area (Å²) < 4.78 is 1.00. The molecule has 1 aromatic carbocycles. The van der Waals surface area contributed by atoms with E-state index in [1.54, 1.807) is 6.20 Å². The third-order valence-corrected chi connectivity index (χ3v) is 5.03. The maximum Gasteiger partial charge on any atom is 0.270 e. The van der Waals surface area contributed by atoms with Gasteiger partial charge in [0.05, 0.1) is 0 Å². The third kappa shape index (κ3) is 2.45. The Hall–Kier alpha value is -1.46. The summed E-state index contributed by atoms with van der Waals surface area (Å²) in [5, 5.41) is 8.72. The Bertz CT molecular complexity index is 718. The molecule has 2 fully saturated rings. The van der Waals surface area contributed by atoms with Gasteiger partial charge in [-0.25, -0.2) is 0 Å². The summed E-state index contributed by atoms with van der Waals surface area (Å²) in [6.45, 7) is 0. The minimum absolute atomic E-state index is 0.0729. The van der Waals surface area contributed by atoms with Crippen LogP contribution in [0, 0.1) is 0 Å². The van der Waals surface area contributed by atoms with Gasteiger partial charge >= 0.3 is 0 Å². The average Bonchev–Trinajstić information content (AvgIpc) is 3.09. The van der Waals surface area contributed by atoms with Crippen molar-refractivity contribution in [3.05, 3.63) is 40.6 Å². The van der Waals surface area contributed by atoms with Crippen molar-refractivity contribution in [2.45, 2.75) is 37.4 Å². The van der Waals surface area contributed by atoms with Gasteiger partial charge in [-0.1, -0.05) is 22.0 Å². The van der Waals surface area contributed by atoms with Crippen LogP contribution in [0.25, 0.3) is 10.8 Å². The average molecular weight is 346 g/mol. The number of hydrogen-bond donors (Lipinski definition) is 2. The van der Waals surface area contributed by atoms with Gasteiger partial charge in [0.2, 0.25) is 0 Å². The summed E-state index contributed by atoms with van der Waals surface area (Å²) in [6, 6.07) is 9.10. The predicted molar refractivity (Wildman–Crippen MR) is 85.3 cm³/mol. The standard InChI is InChI=1S/C16H16BrN3O/c17-11-2-1-9-8-18-15(6-10(9)5-11)16(21)20-14-7-12-3-4-13(14)19-12/h1-2,5-6,8,12-14,19H,3-4,7H2,(H,20,21)/t12-,13+,14-/m1/s1. The number of aromatic nitrogens is 1. The number of pyridine rings is 1. The molecule has 0 spiro atoms. The van der Waals surface area contributed by atoms with Crippen LogP contribution in [0.4, 0.5) is 0 Å².